The lowest BCUT2D eigenvalue weighted by Gasteiger charge is -2.14. The first-order chi connectivity index (χ1) is 18.8. The van der Waals surface area contributed by atoms with E-state index in [0.29, 0.717) is 13.2 Å². The van der Waals surface area contributed by atoms with Crippen LogP contribution in [0, 0.1) is 0 Å². The number of aliphatic imine (C=N–C) groups is 1. The van der Waals surface area contributed by atoms with E-state index >= 15 is 0 Å². The van der Waals surface area contributed by atoms with Crippen molar-refractivity contribution in [2.24, 2.45) is 4.99 Å². The zero-order valence-electron chi connectivity index (χ0n) is 21.3. The summed E-state index contributed by atoms with van der Waals surface area (Å²) in [5, 5.41) is 3.67. The summed E-state index contributed by atoms with van der Waals surface area (Å²) in [6, 6.07) is 46.9. The normalized spacial score (nSPS) is 14.5. The molecule has 0 aliphatic carbocycles. The summed E-state index contributed by atoms with van der Waals surface area (Å²) >= 11 is 0. The topological polar surface area (TPSA) is 33.6 Å². The molecule has 0 aromatic heterocycles. The number of rotatable bonds is 8. The Hall–Kier alpha value is -4.63. The summed E-state index contributed by atoms with van der Waals surface area (Å²) in [5.74, 6) is 0.719. The van der Waals surface area contributed by atoms with E-state index in [2.05, 4.69) is 127 Å². The van der Waals surface area contributed by atoms with Gasteiger partial charge in [0.15, 0.2) is 0 Å². The standard InChI is InChI=1S/C35H30N2O/c1-4-12-26(13-5-1)22-32-25-38-35(37-32)33-18-10-11-19-34(33)36-24-27-20-30(28-14-6-2-7-15-28)23-31(21-27)29-16-8-3-9-17-29/h1-21,23,32,36H,22,24-25H2/t32-/m0/s1. The van der Waals surface area contributed by atoms with Crippen LogP contribution in [0.5, 0.6) is 0 Å². The second-order valence-corrected chi connectivity index (χ2v) is 9.64. The Kier molecular flexibility index (Phi) is 6.99. The molecule has 3 nitrogen and oxygen atoms in total. The zero-order chi connectivity index (χ0) is 25.6. The van der Waals surface area contributed by atoms with Crippen LogP contribution in [0.15, 0.2) is 138 Å². The zero-order valence-corrected chi connectivity index (χ0v) is 21.3. The largest absolute Gasteiger partial charge is 0.475 e. The van der Waals surface area contributed by atoms with Gasteiger partial charge in [0.25, 0.3) is 0 Å². The van der Waals surface area contributed by atoms with Crippen molar-refractivity contribution < 1.29 is 4.74 Å². The monoisotopic (exact) mass is 494 g/mol. The first-order valence-electron chi connectivity index (χ1n) is 13.1. The van der Waals surface area contributed by atoms with Crippen molar-refractivity contribution >= 4 is 11.6 Å². The van der Waals surface area contributed by atoms with Gasteiger partial charge in [-0.15, -0.1) is 0 Å². The van der Waals surface area contributed by atoms with Crippen LogP contribution in [0.25, 0.3) is 22.3 Å². The maximum absolute atomic E-state index is 6.08. The molecule has 0 bridgehead atoms. The van der Waals surface area contributed by atoms with E-state index in [1.165, 1.54) is 33.4 Å². The van der Waals surface area contributed by atoms with Gasteiger partial charge in [-0.2, -0.15) is 0 Å². The fourth-order valence-electron chi connectivity index (χ4n) is 4.96. The van der Waals surface area contributed by atoms with Crippen LogP contribution in [0.2, 0.25) is 0 Å². The van der Waals surface area contributed by atoms with Gasteiger partial charge in [-0.3, -0.25) is 0 Å². The lowest BCUT2D eigenvalue weighted by Crippen LogP contribution is -2.10. The molecule has 5 aromatic rings. The van der Waals surface area contributed by atoms with Gasteiger partial charge in [-0.25, -0.2) is 4.99 Å². The van der Waals surface area contributed by atoms with Gasteiger partial charge >= 0.3 is 0 Å². The highest BCUT2D eigenvalue weighted by molar-refractivity contribution is 6.00. The van der Waals surface area contributed by atoms with Crippen molar-refractivity contribution in [2.75, 3.05) is 11.9 Å². The van der Waals surface area contributed by atoms with Crippen LogP contribution >= 0.6 is 0 Å². The van der Waals surface area contributed by atoms with E-state index in [9.17, 15) is 0 Å². The number of nitrogens with one attached hydrogen (secondary N) is 1. The van der Waals surface area contributed by atoms with Gasteiger partial charge in [0.05, 0.1) is 11.6 Å². The van der Waals surface area contributed by atoms with Crippen LogP contribution in [-0.2, 0) is 17.7 Å². The Bertz CT molecular complexity index is 1470. The summed E-state index contributed by atoms with van der Waals surface area (Å²) in [7, 11) is 0. The van der Waals surface area contributed by atoms with Crippen LogP contribution in [0.4, 0.5) is 5.69 Å². The van der Waals surface area contributed by atoms with Crippen molar-refractivity contribution in [3.63, 3.8) is 0 Å². The van der Waals surface area contributed by atoms with Crippen LogP contribution < -0.4 is 5.32 Å². The third kappa shape index (κ3) is 5.52. The van der Waals surface area contributed by atoms with Gasteiger partial charge in [0, 0.05) is 12.2 Å². The maximum atomic E-state index is 6.08. The minimum atomic E-state index is 0.136. The van der Waals surface area contributed by atoms with Crippen molar-refractivity contribution in [2.45, 2.75) is 19.0 Å². The average Bonchev–Trinajstić information content (AvgIpc) is 3.46. The fourth-order valence-corrected chi connectivity index (χ4v) is 4.96. The van der Waals surface area contributed by atoms with Gasteiger partial charge < -0.3 is 10.1 Å². The van der Waals surface area contributed by atoms with E-state index in [0.717, 1.165) is 23.6 Å². The lowest BCUT2D eigenvalue weighted by atomic mass is 9.96. The predicted molar refractivity (Wildman–Crippen MR) is 158 cm³/mol. The van der Waals surface area contributed by atoms with E-state index in [-0.39, 0.29) is 6.04 Å². The summed E-state index contributed by atoms with van der Waals surface area (Å²) in [6.07, 6.45) is 0.883. The van der Waals surface area contributed by atoms with Crippen molar-refractivity contribution in [1.82, 2.24) is 0 Å². The van der Waals surface area contributed by atoms with E-state index in [4.69, 9.17) is 9.73 Å². The lowest BCUT2D eigenvalue weighted by molar-refractivity contribution is 0.317. The molecule has 0 amide bonds. The van der Waals surface area contributed by atoms with Crippen molar-refractivity contribution in [3.8, 4) is 22.3 Å². The third-order valence-electron chi connectivity index (χ3n) is 6.87. The van der Waals surface area contributed by atoms with E-state index in [1.54, 1.807) is 0 Å². The van der Waals surface area contributed by atoms with Crippen molar-refractivity contribution in [1.29, 1.82) is 0 Å². The number of nitrogens with zero attached hydrogens (tertiary/aromatic N) is 1. The molecule has 1 atom stereocenters. The molecule has 5 aromatic carbocycles. The molecule has 0 spiro atoms. The second kappa shape index (κ2) is 11.2. The minimum absolute atomic E-state index is 0.136. The highest BCUT2D eigenvalue weighted by atomic mass is 16.5. The molecule has 186 valence electrons. The van der Waals surface area contributed by atoms with Crippen LogP contribution in [-0.4, -0.2) is 18.5 Å². The first kappa shape index (κ1) is 23.7. The van der Waals surface area contributed by atoms with Crippen LogP contribution in [0.1, 0.15) is 16.7 Å². The fraction of sp³-hybridized carbons (Fsp3) is 0.114. The highest BCUT2D eigenvalue weighted by Crippen LogP contribution is 2.29. The summed E-state index contributed by atoms with van der Waals surface area (Å²) in [5.41, 5.74) is 9.38. The molecule has 6 rings (SSSR count). The number of anilines is 1. The molecule has 38 heavy (non-hydrogen) atoms. The molecule has 1 aliphatic heterocycles. The Balaban J connectivity index is 1.25. The number of hydrogen-bond acceptors (Lipinski definition) is 3. The van der Waals surface area contributed by atoms with Gasteiger partial charge in [0.1, 0.15) is 6.61 Å². The molecule has 1 heterocycles. The summed E-state index contributed by atoms with van der Waals surface area (Å²) in [4.78, 5) is 4.93. The molecule has 0 fully saturated rings. The Morgan fingerprint density at radius 2 is 1.18 bits per heavy atom. The van der Waals surface area contributed by atoms with E-state index < -0.39 is 0 Å². The minimum Gasteiger partial charge on any atom is -0.475 e. The Labute approximate surface area is 224 Å². The van der Waals surface area contributed by atoms with Gasteiger partial charge in [-0.1, -0.05) is 103 Å². The molecular weight excluding hydrogens is 464 g/mol. The van der Waals surface area contributed by atoms with Crippen LogP contribution in [0.3, 0.4) is 0 Å². The Morgan fingerprint density at radius 3 is 1.84 bits per heavy atom. The smallest absolute Gasteiger partial charge is 0.218 e. The van der Waals surface area contributed by atoms with Gasteiger partial charge in [-0.05, 0) is 70.1 Å². The molecular formula is C35H30N2O. The summed E-state index contributed by atoms with van der Waals surface area (Å²) < 4.78 is 6.08. The molecule has 0 unspecified atom stereocenters. The Morgan fingerprint density at radius 1 is 0.605 bits per heavy atom. The molecule has 3 heteroatoms. The number of hydrogen-bond donors (Lipinski definition) is 1. The molecule has 1 N–H and O–H groups in total. The molecule has 0 radical (unpaired) electrons. The second-order valence-electron chi connectivity index (χ2n) is 9.64. The highest BCUT2D eigenvalue weighted by Gasteiger charge is 2.22. The molecule has 0 saturated heterocycles. The number of para-hydroxylation sites is 1. The SMILES string of the molecule is c1ccc(C[C@H]2COC(c3ccccc3NCc3cc(-c4ccccc4)cc(-c4ccccc4)c3)=N2)cc1. The predicted octanol–water partition coefficient (Wildman–Crippen LogP) is 8.02. The van der Waals surface area contributed by atoms with E-state index in [1.807, 2.05) is 12.1 Å². The summed E-state index contributed by atoms with van der Waals surface area (Å²) in [6.45, 7) is 1.30. The quantitative estimate of drug-likeness (QED) is 0.237. The third-order valence-corrected chi connectivity index (χ3v) is 6.87. The average molecular weight is 495 g/mol. The number of benzene rings is 5. The first-order valence-corrected chi connectivity index (χ1v) is 13.1. The number of ether oxygens (including phenoxy) is 1. The molecule has 1 aliphatic rings. The van der Waals surface area contributed by atoms with Crippen molar-refractivity contribution in [3.05, 3.63) is 150 Å². The van der Waals surface area contributed by atoms with Gasteiger partial charge in [0.2, 0.25) is 5.90 Å². The molecule has 0 saturated carbocycles. The maximum Gasteiger partial charge on any atom is 0.218 e.